The summed E-state index contributed by atoms with van der Waals surface area (Å²) in [6.45, 7) is 11.5. The Morgan fingerprint density at radius 2 is 1.88 bits per heavy atom. The third-order valence-electron chi connectivity index (χ3n) is 5.88. The van der Waals surface area contributed by atoms with E-state index in [9.17, 15) is 4.39 Å². The molecular formula is C20H31BFNO3. The van der Waals surface area contributed by atoms with Gasteiger partial charge in [-0.3, -0.25) is 0 Å². The maximum Gasteiger partial charge on any atom is 0.495 e. The van der Waals surface area contributed by atoms with Crippen LogP contribution in [0.2, 0.25) is 0 Å². The zero-order valence-corrected chi connectivity index (χ0v) is 16.7. The summed E-state index contributed by atoms with van der Waals surface area (Å²) in [5.74, 6) is 0.302. The Labute approximate surface area is 157 Å². The van der Waals surface area contributed by atoms with Crippen molar-refractivity contribution in [3.8, 4) is 0 Å². The van der Waals surface area contributed by atoms with Crippen molar-refractivity contribution in [2.45, 2.75) is 58.3 Å². The predicted molar refractivity (Wildman–Crippen MR) is 102 cm³/mol. The molecule has 26 heavy (non-hydrogen) atoms. The summed E-state index contributed by atoms with van der Waals surface area (Å²) in [4.78, 5) is 2.28. The van der Waals surface area contributed by atoms with Crippen LogP contribution in [0.1, 0.15) is 46.1 Å². The molecule has 0 amide bonds. The van der Waals surface area contributed by atoms with Gasteiger partial charge in [0.2, 0.25) is 0 Å². The van der Waals surface area contributed by atoms with Crippen LogP contribution in [-0.2, 0) is 20.6 Å². The van der Waals surface area contributed by atoms with Gasteiger partial charge in [0.25, 0.3) is 0 Å². The lowest BCUT2D eigenvalue weighted by Gasteiger charge is -2.32. The lowest BCUT2D eigenvalue weighted by Crippen LogP contribution is -2.41. The second-order valence-corrected chi connectivity index (χ2v) is 8.71. The highest BCUT2D eigenvalue weighted by Crippen LogP contribution is 2.36. The van der Waals surface area contributed by atoms with Crippen molar-refractivity contribution in [2.24, 2.45) is 5.92 Å². The maximum atomic E-state index is 14.0. The van der Waals surface area contributed by atoms with Crippen molar-refractivity contribution in [3.63, 3.8) is 0 Å². The van der Waals surface area contributed by atoms with Crippen LogP contribution in [0.5, 0.6) is 0 Å². The molecule has 3 rings (SSSR count). The van der Waals surface area contributed by atoms with Crippen LogP contribution < -0.4 is 5.46 Å². The molecule has 4 nitrogen and oxygen atoms in total. The molecule has 0 saturated carbocycles. The molecular weight excluding hydrogens is 332 g/mol. The highest BCUT2D eigenvalue weighted by atomic mass is 19.1. The van der Waals surface area contributed by atoms with E-state index in [4.69, 9.17) is 14.0 Å². The van der Waals surface area contributed by atoms with E-state index < -0.39 is 18.3 Å². The largest absolute Gasteiger partial charge is 0.495 e. The standard InChI is InChI=1S/C20H31BFNO3/c1-19(2)20(3,4)26-21(25-19)18-11-17(22)9-8-16(18)13-23(5)12-15-7-6-10-24-14-15/h8-9,11,15H,6-7,10,12-14H2,1-5H3. The van der Waals surface area contributed by atoms with Crippen molar-refractivity contribution in [3.05, 3.63) is 29.6 Å². The van der Waals surface area contributed by atoms with E-state index in [0.29, 0.717) is 5.92 Å². The first-order valence-corrected chi connectivity index (χ1v) is 9.58. The van der Waals surface area contributed by atoms with E-state index >= 15 is 0 Å². The fraction of sp³-hybridized carbons (Fsp3) is 0.700. The first-order valence-electron chi connectivity index (χ1n) is 9.58. The van der Waals surface area contributed by atoms with E-state index in [-0.39, 0.29) is 5.82 Å². The molecule has 1 aromatic carbocycles. The van der Waals surface area contributed by atoms with Crippen LogP contribution in [0.4, 0.5) is 4.39 Å². The SMILES string of the molecule is CN(Cc1ccc(F)cc1B1OC(C)(C)C(C)(C)O1)CC1CCCOC1. The molecule has 2 saturated heterocycles. The molecule has 2 aliphatic rings. The topological polar surface area (TPSA) is 30.9 Å². The van der Waals surface area contributed by atoms with E-state index in [1.165, 1.54) is 12.5 Å². The molecule has 2 fully saturated rings. The van der Waals surface area contributed by atoms with Gasteiger partial charge in [-0.15, -0.1) is 0 Å². The van der Waals surface area contributed by atoms with Gasteiger partial charge in [-0.05, 0) is 76.7 Å². The Hall–Kier alpha value is -0.945. The van der Waals surface area contributed by atoms with Crippen LogP contribution in [0, 0.1) is 11.7 Å². The fourth-order valence-electron chi connectivity index (χ4n) is 3.65. The molecule has 0 N–H and O–H groups in total. The lowest BCUT2D eigenvalue weighted by atomic mass is 9.75. The number of benzene rings is 1. The quantitative estimate of drug-likeness (QED) is 0.753. The summed E-state index contributed by atoms with van der Waals surface area (Å²) in [5, 5.41) is 0. The minimum absolute atomic E-state index is 0.262. The van der Waals surface area contributed by atoms with Crippen LogP contribution >= 0.6 is 0 Å². The van der Waals surface area contributed by atoms with Crippen molar-refractivity contribution >= 4 is 12.6 Å². The number of hydrogen-bond acceptors (Lipinski definition) is 4. The van der Waals surface area contributed by atoms with Gasteiger partial charge in [-0.1, -0.05) is 6.07 Å². The van der Waals surface area contributed by atoms with Gasteiger partial charge in [0.15, 0.2) is 0 Å². The normalized spacial score (nSPS) is 25.0. The first-order chi connectivity index (χ1) is 12.2. The number of nitrogens with zero attached hydrogens (tertiary/aromatic N) is 1. The molecule has 1 unspecified atom stereocenters. The molecule has 0 bridgehead atoms. The Bertz CT molecular complexity index is 615. The summed E-state index contributed by atoms with van der Waals surface area (Å²) in [5.41, 5.74) is 0.957. The Morgan fingerprint density at radius 3 is 2.50 bits per heavy atom. The van der Waals surface area contributed by atoms with Gasteiger partial charge in [0.1, 0.15) is 5.82 Å². The van der Waals surface area contributed by atoms with Crippen molar-refractivity contribution in [1.82, 2.24) is 4.90 Å². The Balaban J connectivity index is 1.74. The predicted octanol–water partition coefficient (Wildman–Crippen LogP) is 2.98. The van der Waals surface area contributed by atoms with E-state index in [2.05, 4.69) is 11.9 Å². The van der Waals surface area contributed by atoms with Gasteiger partial charge >= 0.3 is 7.12 Å². The average Bonchev–Trinajstić information content (AvgIpc) is 2.78. The smallest absolute Gasteiger partial charge is 0.399 e. The van der Waals surface area contributed by atoms with Crippen LogP contribution in [0.25, 0.3) is 0 Å². The number of halogens is 1. The van der Waals surface area contributed by atoms with E-state index in [1.54, 1.807) is 6.07 Å². The zero-order chi connectivity index (χ0) is 18.9. The summed E-state index contributed by atoms with van der Waals surface area (Å²) < 4.78 is 31.8. The van der Waals surface area contributed by atoms with Crippen molar-refractivity contribution < 1.29 is 18.4 Å². The molecule has 1 atom stereocenters. The fourth-order valence-corrected chi connectivity index (χ4v) is 3.65. The number of rotatable bonds is 5. The molecule has 1 aromatic rings. The Kier molecular flexibility index (Phi) is 5.78. The van der Waals surface area contributed by atoms with Crippen LogP contribution in [-0.4, -0.2) is 50.0 Å². The zero-order valence-electron chi connectivity index (χ0n) is 16.7. The highest BCUT2D eigenvalue weighted by Gasteiger charge is 2.52. The second-order valence-electron chi connectivity index (χ2n) is 8.71. The summed E-state index contributed by atoms with van der Waals surface area (Å²) >= 11 is 0. The molecule has 0 aromatic heterocycles. The van der Waals surface area contributed by atoms with Gasteiger partial charge in [-0.2, -0.15) is 0 Å². The third-order valence-corrected chi connectivity index (χ3v) is 5.88. The maximum absolute atomic E-state index is 14.0. The first kappa shape index (κ1) is 19.8. The molecule has 0 aliphatic carbocycles. The van der Waals surface area contributed by atoms with Gasteiger partial charge in [-0.25, -0.2) is 4.39 Å². The monoisotopic (exact) mass is 363 g/mol. The number of ether oxygens (including phenoxy) is 1. The van der Waals surface area contributed by atoms with Gasteiger partial charge in [0, 0.05) is 19.7 Å². The molecule has 6 heteroatoms. The summed E-state index contributed by atoms with van der Waals surface area (Å²) in [7, 11) is 1.56. The molecule has 144 valence electrons. The lowest BCUT2D eigenvalue weighted by molar-refractivity contribution is 0.00578. The van der Waals surface area contributed by atoms with Gasteiger partial charge in [0.05, 0.1) is 17.8 Å². The third kappa shape index (κ3) is 4.30. The molecule has 0 radical (unpaired) electrons. The minimum Gasteiger partial charge on any atom is -0.399 e. The van der Waals surface area contributed by atoms with Crippen molar-refractivity contribution in [2.75, 3.05) is 26.8 Å². The Morgan fingerprint density at radius 1 is 1.19 bits per heavy atom. The highest BCUT2D eigenvalue weighted by molar-refractivity contribution is 6.62. The molecule has 2 aliphatic heterocycles. The van der Waals surface area contributed by atoms with E-state index in [1.807, 2.05) is 33.8 Å². The molecule has 0 spiro atoms. The van der Waals surface area contributed by atoms with Crippen LogP contribution in [0.15, 0.2) is 18.2 Å². The minimum atomic E-state index is -0.544. The van der Waals surface area contributed by atoms with E-state index in [0.717, 1.165) is 43.8 Å². The summed E-state index contributed by atoms with van der Waals surface area (Å²) in [6, 6.07) is 4.92. The summed E-state index contributed by atoms with van der Waals surface area (Å²) in [6.07, 6.45) is 2.34. The average molecular weight is 363 g/mol. The van der Waals surface area contributed by atoms with Crippen molar-refractivity contribution in [1.29, 1.82) is 0 Å². The van der Waals surface area contributed by atoms with Crippen LogP contribution in [0.3, 0.4) is 0 Å². The molecule has 2 heterocycles. The second kappa shape index (κ2) is 7.59. The number of hydrogen-bond donors (Lipinski definition) is 0. The van der Waals surface area contributed by atoms with Gasteiger partial charge < -0.3 is 18.9 Å².